The van der Waals surface area contributed by atoms with E-state index in [1.54, 1.807) is 4.90 Å². The number of Topliss-reactive ketones (excluding diaryl/α,β-unsaturated/α-hetero) is 1. The smallest absolute Gasteiger partial charge is 0.320 e. The summed E-state index contributed by atoms with van der Waals surface area (Å²) in [6, 6.07) is 0.0694. The molecule has 90 valence electrons. The highest BCUT2D eigenvalue weighted by Crippen LogP contribution is 2.18. The summed E-state index contributed by atoms with van der Waals surface area (Å²) >= 11 is 0. The van der Waals surface area contributed by atoms with Gasteiger partial charge >= 0.3 is 6.03 Å². The third kappa shape index (κ3) is 2.54. The number of ketones is 1. The molecule has 0 atom stereocenters. The molecule has 16 heavy (non-hydrogen) atoms. The average Bonchev–Trinajstić information content (AvgIpc) is 2.29. The Morgan fingerprint density at radius 1 is 1.19 bits per heavy atom. The Hall–Kier alpha value is -1.06. The van der Waals surface area contributed by atoms with Gasteiger partial charge in [0.05, 0.1) is 6.54 Å². The lowest BCUT2D eigenvalue weighted by atomic mass is 9.99. The fraction of sp³-hybridized carbons (Fsp3) is 0.833. The Labute approximate surface area is 96.6 Å². The van der Waals surface area contributed by atoms with E-state index in [1.165, 1.54) is 0 Å². The van der Waals surface area contributed by atoms with Gasteiger partial charge in [-0.25, -0.2) is 4.79 Å². The number of carbonyl (C=O) groups excluding carboxylic acids is 2. The van der Waals surface area contributed by atoms with E-state index >= 15 is 0 Å². The van der Waals surface area contributed by atoms with E-state index in [2.05, 4.69) is 6.92 Å². The number of hydrogen-bond donors (Lipinski definition) is 0. The predicted octanol–water partition coefficient (Wildman–Crippen LogP) is 1.50. The van der Waals surface area contributed by atoms with Gasteiger partial charge in [0.2, 0.25) is 0 Å². The highest BCUT2D eigenvalue weighted by atomic mass is 16.2. The molecular formula is C12H20N2O2. The second-order valence-electron chi connectivity index (χ2n) is 5.02. The Morgan fingerprint density at radius 2 is 1.88 bits per heavy atom. The molecule has 2 amide bonds. The maximum atomic E-state index is 12.1. The molecule has 0 saturated carbocycles. The van der Waals surface area contributed by atoms with Crippen molar-refractivity contribution in [3.8, 4) is 0 Å². The number of nitrogens with zero attached hydrogens (tertiary/aromatic N) is 2. The highest BCUT2D eigenvalue weighted by molar-refractivity contribution is 5.86. The largest absolute Gasteiger partial charge is 0.325 e. The summed E-state index contributed by atoms with van der Waals surface area (Å²) in [6.45, 7) is 5.00. The van der Waals surface area contributed by atoms with E-state index in [4.69, 9.17) is 0 Å². The minimum atomic E-state index is 0.0694. The van der Waals surface area contributed by atoms with Gasteiger partial charge in [0.25, 0.3) is 0 Å². The molecule has 0 N–H and O–H groups in total. The van der Waals surface area contributed by atoms with Crippen molar-refractivity contribution in [2.75, 3.05) is 26.2 Å². The van der Waals surface area contributed by atoms with Gasteiger partial charge in [-0.1, -0.05) is 6.92 Å². The van der Waals surface area contributed by atoms with Crippen molar-refractivity contribution in [1.82, 2.24) is 9.80 Å². The van der Waals surface area contributed by atoms with Crippen molar-refractivity contribution in [3.63, 3.8) is 0 Å². The molecule has 2 aliphatic rings. The van der Waals surface area contributed by atoms with Crippen LogP contribution in [0.2, 0.25) is 0 Å². The topological polar surface area (TPSA) is 40.6 Å². The van der Waals surface area contributed by atoms with Crippen LogP contribution in [-0.4, -0.2) is 47.8 Å². The molecule has 2 aliphatic heterocycles. The normalized spacial score (nSPS) is 23.7. The van der Waals surface area contributed by atoms with Crippen LogP contribution in [0.25, 0.3) is 0 Å². The second kappa shape index (κ2) is 4.85. The first kappa shape index (κ1) is 11.4. The van der Waals surface area contributed by atoms with Crippen molar-refractivity contribution in [3.05, 3.63) is 0 Å². The first-order valence-electron chi connectivity index (χ1n) is 6.22. The van der Waals surface area contributed by atoms with Gasteiger partial charge in [-0.2, -0.15) is 0 Å². The number of urea groups is 1. The monoisotopic (exact) mass is 224 g/mol. The predicted molar refractivity (Wildman–Crippen MR) is 61.2 cm³/mol. The van der Waals surface area contributed by atoms with E-state index in [9.17, 15) is 9.59 Å². The summed E-state index contributed by atoms with van der Waals surface area (Å²) in [5.74, 6) is 0.928. The summed E-state index contributed by atoms with van der Waals surface area (Å²) in [4.78, 5) is 27.0. The summed E-state index contributed by atoms with van der Waals surface area (Å²) in [5, 5.41) is 0. The minimum absolute atomic E-state index is 0.0694. The molecule has 2 heterocycles. The fourth-order valence-corrected chi connectivity index (χ4v) is 2.40. The van der Waals surface area contributed by atoms with Crippen LogP contribution in [0.4, 0.5) is 4.79 Å². The zero-order chi connectivity index (χ0) is 11.5. The Balaban J connectivity index is 1.89. The number of likely N-dealkylation sites (tertiary alicyclic amines) is 2. The van der Waals surface area contributed by atoms with Crippen LogP contribution in [0.5, 0.6) is 0 Å². The SMILES string of the molecule is CC1CCN(C(=O)N2CCCC(=O)C2)CC1. The van der Waals surface area contributed by atoms with Crippen molar-refractivity contribution in [2.24, 2.45) is 5.92 Å². The molecule has 2 fully saturated rings. The first-order chi connectivity index (χ1) is 7.66. The van der Waals surface area contributed by atoms with Crippen molar-refractivity contribution < 1.29 is 9.59 Å². The van der Waals surface area contributed by atoms with Gasteiger partial charge < -0.3 is 9.80 Å². The average molecular weight is 224 g/mol. The van der Waals surface area contributed by atoms with Crippen LogP contribution < -0.4 is 0 Å². The fourth-order valence-electron chi connectivity index (χ4n) is 2.40. The van der Waals surface area contributed by atoms with Crippen LogP contribution >= 0.6 is 0 Å². The maximum Gasteiger partial charge on any atom is 0.320 e. The summed E-state index contributed by atoms with van der Waals surface area (Å²) in [7, 11) is 0. The number of rotatable bonds is 0. The third-order valence-corrected chi connectivity index (χ3v) is 3.58. The molecule has 4 heteroatoms. The lowest BCUT2D eigenvalue weighted by molar-refractivity contribution is -0.121. The van der Waals surface area contributed by atoms with Gasteiger partial charge in [-0.05, 0) is 25.2 Å². The third-order valence-electron chi connectivity index (χ3n) is 3.58. The van der Waals surface area contributed by atoms with Gasteiger partial charge in [0, 0.05) is 26.1 Å². The zero-order valence-electron chi connectivity index (χ0n) is 9.95. The van der Waals surface area contributed by atoms with Crippen LogP contribution in [-0.2, 0) is 4.79 Å². The number of amides is 2. The molecule has 0 aromatic heterocycles. The van der Waals surface area contributed by atoms with E-state index < -0.39 is 0 Å². The molecule has 2 saturated heterocycles. The molecule has 2 rings (SSSR count). The molecule has 0 aromatic carbocycles. The van der Waals surface area contributed by atoms with Gasteiger partial charge in [0.1, 0.15) is 0 Å². The second-order valence-corrected chi connectivity index (χ2v) is 5.02. The van der Waals surface area contributed by atoms with Gasteiger partial charge in [-0.15, -0.1) is 0 Å². The Bertz CT molecular complexity index is 283. The quantitative estimate of drug-likeness (QED) is 0.625. The van der Waals surface area contributed by atoms with Crippen molar-refractivity contribution in [2.45, 2.75) is 32.6 Å². The number of carbonyl (C=O) groups is 2. The molecule has 0 bridgehead atoms. The lowest BCUT2D eigenvalue weighted by Gasteiger charge is -2.36. The van der Waals surface area contributed by atoms with E-state index in [1.807, 2.05) is 4.90 Å². The zero-order valence-corrected chi connectivity index (χ0v) is 9.95. The lowest BCUT2D eigenvalue weighted by Crippen LogP contribution is -2.49. The first-order valence-corrected chi connectivity index (χ1v) is 6.22. The van der Waals surface area contributed by atoms with Crippen LogP contribution in [0.15, 0.2) is 0 Å². The molecule has 0 aromatic rings. The molecule has 0 unspecified atom stereocenters. The molecule has 4 nitrogen and oxygen atoms in total. The van der Waals surface area contributed by atoms with Crippen molar-refractivity contribution >= 4 is 11.8 Å². The molecular weight excluding hydrogens is 204 g/mol. The maximum absolute atomic E-state index is 12.1. The molecule has 0 spiro atoms. The minimum Gasteiger partial charge on any atom is -0.325 e. The summed E-state index contributed by atoms with van der Waals surface area (Å²) in [5.41, 5.74) is 0. The Kier molecular flexibility index (Phi) is 3.46. The summed E-state index contributed by atoms with van der Waals surface area (Å²) < 4.78 is 0. The van der Waals surface area contributed by atoms with Crippen LogP contribution in [0.1, 0.15) is 32.6 Å². The number of piperidine rings is 2. The summed E-state index contributed by atoms with van der Waals surface area (Å²) in [6.07, 6.45) is 3.65. The highest BCUT2D eigenvalue weighted by Gasteiger charge is 2.27. The van der Waals surface area contributed by atoms with E-state index in [0.29, 0.717) is 13.0 Å². The van der Waals surface area contributed by atoms with Crippen LogP contribution in [0, 0.1) is 5.92 Å². The van der Waals surface area contributed by atoms with Crippen LogP contribution in [0.3, 0.4) is 0 Å². The van der Waals surface area contributed by atoms with Gasteiger partial charge in [0.15, 0.2) is 5.78 Å². The number of hydrogen-bond acceptors (Lipinski definition) is 2. The Morgan fingerprint density at radius 3 is 2.50 bits per heavy atom. The van der Waals surface area contributed by atoms with E-state index in [0.717, 1.165) is 44.8 Å². The van der Waals surface area contributed by atoms with Crippen molar-refractivity contribution in [1.29, 1.82) is 0 Å². The molecule has 0 radical (unpaired) electrons. The standard InChI is InChI=1S/C12H20N2O2/c1-10-4-7-13(8-5-10)12(16)14-6-2-3-11(15)9-14/h10H,2-9H2,1H3. The molecule has 0 aliphatic carbocycles. The van der Waals surface area contributed by atoms with E-state index in [-0.39, 0.29) is 11.8 Å². The van der Waals surface area contributed by atoms with Gasteiger partial charge in [-0.3, -0.25) is 4.79 Å².